The first-order valence-corrected chi connectivity index (χ1v) is 7.23. The summed E-state index contributed by atoms with van der Waals surface area (Å²) in [6, 6.07) is 4.20. The van der Waals surface area contributed by atoms with Crippen LogP contribution in [0.5, 0.6) is 0 Å². The van der Waals surface area contributed by atoms with Crippen LogP contribution in [0.25, 0.3) is 0 Å². The number of terminal acetylenes is 1. The lowest BCUT2D eigenvalue weighted by Crippen LogP contribution is -2.01. The minimum Gasteiger partial charge on any atom is -0.466 e. The summed E-state index contributed by atoms with van der Waals surface area (Å²) >= 11 is 0. The van der Waals surface area contributed by atoms with Gasteiger partial charge < -0.3 is 9.30 Å². The van der Waals surface area contributed by atoms with E-state index in [4.69, 9.17) is 6.42 Å². The van der Waals surface area contributed by atoms with Crippen molar-refractivity contribution in [3.63, 3.8) is 0 Å². The molecule has 0 saturated heterocycles. The molecule has 2 rings (SSSR count). The molecule has 1 aromatic heterocycles. The van der Waals surface area contributed by atoms with Gasteiger partial charge in [0, 0.05) is 12.3 Å². The molecule has 4 nitrogen and oxygen atoms in total. The maximum atomic E-state index is 11.2. The largest absolute Gasteiger partial charge is 0.466 e. The highest BCUT2D eigenvalue weighted by Gasteiger charge is 2.55. The van der Waals surface area contributed by atoms with E-state index in [2.05, 4.69) is 30.6 Å². The van der Waals surface area contributed by atoms with Crippen molar-refractivity contribution in [3.05, 3.63) is 35.7 Å². The van der Waals surface area contributed by atoms with Crippen LogP contribution in [0.1, 0.15) is 25.1 Å². The van der Waals surface area contributed by atoms with Crippen LogP contribution in [0.2, 0.25) is 0 Å². The molecule has 1 heterocycles. The van der Waals surface area contributed by atoms with Crippen LogP contribution in [-0.4, -0.2) is 17.6 Å². The highest BCUT2D eigenvalue weighted by atomic mass is 16.5. The lowest BCUT2D eigenvalue weighted by atomic mass is 10.0. The van der Waals surface area contributed by atoms with Crippen LogP contribution in [0.15, 0.2) is 24.4 Å². The summed E-state index contributed by atoms with van der Waals surface area (Å²) in [7, 11) is 1.37. The Balaban J connectivity index is 2.12. The summed E-state index contributed by atoms with van der Waals surface area (Å²) in [5, 5.41) is 9.34. The molecule has 0 unspecified atom stereocenters. The van der Waals surface area contributed by atoms with Crippen molar-refractivity contribution in [1.82, 2.24) is 4.57 Å². The zero-order chi connectivity index (χ0) is 16.3. The lowest BCUT2D eigenvalue weighted by Gasteiger charge is -2.03. The Bertz CT molecular complexity index is 683. The number of aromatic nitrogens is 1. The van der Waals surface area contributed by atoms with E-state index < -0.39 is 0 Å². The molecule has 2 atom stereocenters. The molecule has 114 valence electrons. The van der Waals surface area contributed by atoms with E-state index in [0.717, 1.165) is 12.0 Å². The van der Waals surface area contributed by atoms with Crippen molar-refractivity contribution >= 4 is 5.97 Å². The number of ether oxygens (including phenoxy) is 1. The third-order valence-electron chi connectivity index (χ3n) is 4.63. The van der Waals surface area contributed by atoms with Crippen molar-refractivity contribution in [3.8, 4) is 18.4 Å². The second kappa shape index (κ2) is 6.12. The first kappa shape index (κ1) is 15.9. The predicted octanol–water partition coefficient (Wildman–Crippen LogP) is 2.54. The number of carbonyl (C=O) groups excluding carboxylic acids is 1. The maximum Gasteiger partial charge on any atom is 0.330 e. The standard InChI is InChI=1S/C18H20N2O2/c1-5-9-20-10-8-13(16(20)12-19)11-15-14(18(15,2)3)6-7-17(21)22-4/h1,6-8,10,14-15H,9,11H2,2-4H3/t14-,15+/m0/s1. The van der Waals surface area contributed by atoms with Crippen molar-refractivity contribution < 1.29 is 9.53 Å². The molecule has 0 amide bonds. The average molecular weight is 296 g/mol. The SMILES string of the molecule is C#CCn1ccc(C[C@@H]2[C@H](C=CC(=O)OC)C2(C)C)c1C#N. The van der Waals surface area contributed by atoms with Gasteiger partial charge in [0.25, 0.3) is 0 Å². The average Bonchev–Trinajstić information content (AvgIpc) is 2.82. The molecule has 0 radical (unpaired) electrons. The molecular formula is C18H20N2O2. The number of rotatable bonds is 5. The summed E-state index contributed by atoms with van der Waals surface area (Å²) in [4.78, 5) is 11.2. The summed E-state index contributed by atoms with van der Waals surface area (Å²) < 4.78 is 6.42. The summed E-state index contributed by atoms with van der Waals surface area (Å²) in [6.07, 6.45) is 11.4. The second-order valence-electron chi connectivity index (χ2n) is 6.17. The molecule has 1 aliphatic rings. The predicted molar refractivity (Wildman–Crippen MR) is 83.6 cm³/mol. The molecule has 1 saturated carbocycles. The quantitative estimate of drug-likeness (QED) is 0.476. The van der Waals surface area contributed by atoms with Gasteiger partial charge in [-0.15, -0.1) is 6.42 Å². The highest BCUT2D eigenvalue weighted by Crippen LogP contribution is 2.60. The van der Waals surface area contributed by atoms with E-state index in [1.54, 1.807) is 4.57 Å². The van der Waals surface area contributed by atoms with Gasteiger partial charge in [-0.25, -0.2) is 4.79 Å². The molecule has 1 fully saturated rings. The molecule has 1 aromatic rings. The molecule has 0 bridgehead atoms. The summed E-state index contributed by atoms with van der Waals surface area (Å²) in [5.41, 5.74) is 1.77. The number of nitrogens with zero attached hydrogens (tertiary/aromatic N) is 2. The lowest BCUT2D eigenvalue weighted by molar-refractivity contribution is -0.134. The molecular weight excluding hydrogens is 276 g/mol. The van der Waals surface area contributed by atoms with Gasteiger partial charge in [0.1, 0.15) is 11.8 Å². The fraction of sp³-hybridized carbons (Fsp3) is 0.444. The molecule has 0 aliphatic heterocycles. The highest BCUT2D eigenvalue weighted by molar-refractivity contribution is 5.81. The number of nitriles is 1. The Morgan fingerprint density at radius 2 is 2.32 bits per heavy atom. The van der Waals surface area contributed by atoms with Gasteiger partial charge >= 0.3 is 5.97 Å². The number of allylic oxidation sites excluding steroid dienone is 1. The Hall–Kier alpha value is -2.46. The topological polar surface area (TPSA) is 55.0 Å². The van der Waals surface area contributed by atoms with E-state index in [9.17, 15) is 10.1 Å². The molecule has 4 heteroatoms. The Morgan fingerprint density at radius 3 is 2.91 bits per heavy atom. The van der Waals surface area contributed by atoms with Gasteiger partial charge in [0.05, 0.1) is 13.7 Å². The van der Waals surface area contributed by atoms with Crippen molar-refractivity contribution in [2.24, 2.45) is 17.3 Å². The van der Waals surface area contributed by atoms with E-state index in [0.29, 0.717) is 24.1 Å². The Kier molecular flexibility index (Phi) is 4.43. The van der Waals surface area contributed by atoms with Crippen LogP contribution >= 0.6 is 0 Å². The van der Waals surface area contributed by atoms with E-state index in [1.807, 2.05) is 18.3 Å². The Morgan fingerprint density at radius 1 is 1.59 bits per heavy atom. The van der Waals surface area contributed by atoms with E-state index in [1.165, 1.54) is 13.2 Å². The molecule has 1 aliphatic carbocycles. The monoisotopic (exact) mass is 296 g/mol. The minimum absolute atomic E-state index is 0.117. The third-order valence-corrected chi connectivity index (χ3v) is 4.63. The van der Waals surface area contributed by atoms with Crippen LogP contribution in [0, 0.1) is 40.9 Å². The minimum atomic E-state index is -0.334. The fourth-order valence-corrected chi connectivity index (χ4v) is 3.09. The number of hydrogen-bond donors (Lipinski definition) is 0. The number of esters is 1. The van der Waals surface area contributed by atoms with Crippen molar-refractivity contribution in [1.29, 1.82) is 5.26 Å². The zero-order valence-corrected chi connectivity index (χ0v) is 13.2. The number of carbonyl (C=O) groups is 1. The number of methoxy groups -OCH3 is 1. The molecule has 22 heavy (non-hydrogen) atoms. The van der Waals surface area contributed by atoms with Crippen LogP contribution in [0.3, 0.4) is 0 Å². The van der Waals surface area contributed by atoms with Crippen molar-refractivity contribution in [2.45, 2.75) is 26.8 Å². The molecule has 0 spiro atoms. The molecule has 0 N–H and O–H groups in total. The van der Waals surface area contributed by atoms with Crippen LogP contribution < -0.4 is 0 Å². The van der Waals surface area contributed by atoms with Gasteiger partial charge in [-0.1, -0.05) is 25.8 Å². The second-order valence-corrected chi connectivity index (χ2v) is 6.17. The molecule has 0 aromatic carbocycles. The van der Waals surface area contributed by atoms with Gasteiger partial charge in [-0.3, -0.25) is 0 Å². The van der Waals surface area contributed by atoms with Gasteiger partial charge in [-0.2, -0.15) is 5.26 Å². The van der Waals surface area contributed by atoms with E-state index >= 15 is 0 Å². The van der Waals surface area contributed by atoms with E-state index in [-0.39, 0.29) is 11.4 Å². The first-order valence-electron chi connectivity index (χ1n) is 7.23. The van der Waals surface area contributed by atoms with Gasteiger partial charge in [-0.05, 0) is 35.3 Å². The zero-order valence-electron chi connectivity index (χ0n) is 13.2. The maximum absolute atomic E-state index is 11.2. The Labute approximate surface area is 131 Å². The van der Waals surface area contributed by atoms with Crippen LogP contribution in [-0.2, 0) is 22.5 Å². The van der Waals surface area contributed by atoms with Crippen LogP contribution in [0.4, 0.5) is 0 Å². The van der Waals surface area contributed by atoms with Gasteiger partial charge in [0.2, 0.25) is 0 Å². The summed E-state index contributed by atoms with van der Waals surface area (Å²) in [5.74, 6) is 2.94. The summed E-state index contributed by atoms with van der Waals surface area (Å²) in [6.45, 7) is 4.76. The first-order chi connectivity index (χ1) is 10.5. The number of hydrogen-bond acceptors (Lipinski definition) is 3. The van der Waals surface area contributed by atoms with Crippen molar-refractivity contribution in [2.75, 3.05) is 7.11 Å². The fourth-order valence-electron chi connectivity index (χ4n) is 3.09. The van der Waals surface area contributed by atoms with Gasteiger partial charge in [0.15, 0.2) is 0 Å². The third kappa shape index (κ3) is 2.92. The normalized spacial score (nSPS) is 22.0. The smallest absolute Gasteiger partial charge is 0.330 e.